The van der Waals surface area contributed by atoms with Crippen LogP contribution in [-0.2, 0) is 0 Å². The Hall–Kier alpha value is -1.09. The van der Waals surface area contributed by atoms with E-state index in [4.69, 9.17) is 23.2 Å². The van der Waals surface area contributed by atoms with Crippen LogP contribution < -0.4 is 5.32 Å². The molecule has 0 amide bonds. The molecule has 4 heteroatoms. The van der Waals surface area contributed by atoms with Crippen LogP contribution in [0.25, 0.3) is 11.1 Å². The van der Waals surface area contributed by atoms with Crippen molar-refractivity contribution in [3.63, 3.8) is 0 Å². The van der Waals surface area contributed by atoms with Crippen molar-refractivity contribution >= 4 is 23.2 Å². The normalized spacial score (nSPS) is 12.5. The highest BCUT2D eigenvalue weighted by Gasteiger charge is 2.13. The molecule has 0 aromatic heterocycles. The molecule has 0 aliphatic rings. The third-order valence-electron chi connectivity index (χ3n) is 3.17. The van der Waals surface area contributed by atoms with Crippen LogP contribution in [0.5, 0.6) is 0 Å². The predicted molar refractivity (Wildman–Crippen MR) is 79.3 cm³/mol. The van der Waals surface area contributed by atoms with Crippen LogP contribution in [-0.4, -0.2) is 7.05 Å². The third kappa shape index (κ3) is 2.92. The Bertz CT molecular complexity index is 599. The quantitative estimate of drug-likeness (QED) is 0.833. The number of benzene rings is 2. The first-order valence-corrected chi connectivity index (χ1v) is 6.71. The molecule has 2 rings (SSSR count). The maximum atomic E-state index is 14.0. The number of nitrogens with one attached hydrogen (secondary N) is 1. The zero-order valence-corrected chi connectivity index (χ0v) is 12.2. The Labute approximate surface area is 122 Å². The second-order valence-electron chi connectivity index (χ2n) is 4.35. The summed E-state index contributed by atoms with van der Waals surface area (Å²) >= 11 is 12.1. The number of hydrogen-bond donors (Lipinski definition) is 1. The van der Waals surface area contributed by atoms with Gasteiger partial charge in [0.15, 0.2) is 0 Å². The Kier molecular flexibility index (Phi) is 4.46. The highest BCUT2D eigenvalue weighted by Crippen LogP contribution is 2.35. The summed E-state index contributed by atoms with van der Waals surface area (Å²) in [7, 11) is 1.86. The Balaban J connectivity index is 2.58. The molecule has 0 fully saturated rings. The molecule has 2 aromatic rings. The maximum absolute atomic E-state index is 14.0. The van der Waals surface area contributed by atoms with Crippen molar-refractivity contribution in [2.75, 3.05) is 7.05 Å². The second kappa shape index (κ2) is 5.91. The molecule has 19 heavy (non-hydrogen) atoms. The fourth-order valence-electron chi connectivity index (χ4n) is 1.90. The van der Waals surface area contributed by atoms with Crippen molar-refractivity contribution in [2.45, 2.75) is 13.0 Å². The summed E-state index contributed by atoms with van der Waals surface area (Å²) in [6, 6.07) is 10.4. The summed E-state index contributed by atoms with van der Waals surface area (Å²) in [6.45, 7) is 2.01. The maximum Gasteiger partial charge on any atom is 0.131 e. The van der Waals surface area contributed by atoms with Gasteiger partial charge in [-0.2, -0.15) is 0 Å². The smallest absolute Gasteiger partial charge is 0.131 e. The van der Waals surface area contributed by atoms with Crippen molar-refractivity contribution in [3.8, 4) is 11.1 Å². The van der Waals surface area contributed by atoms with E-state index in [1.807, 2.05) is 14.0 Å². The minimum absolute atomic E-state index is 0.136. The zero-order valence-electron chi connectivity index (χ0n) is 10.7. The number of rotatable bonds is 3. The van der Waals surface area contributed by atoms with Crippen LogP contribution in [0.4, 0.5) is 4.39 Å². The molecule has 1 nitrogen and oxygen atoms in total. The molecular formula is C15H14Cl2FN. The minimum Gasteiger partial charge on any atom is -0.313 e. The van der Waals surface area contributed by atoms with Gasteiger partial charge in [0.25, 0.3) is 0 Å². The van der Waals surface area contributed by atoms with Gasteiger partial charge in [-0.15, -0.1) is 0 Å². The van der Waals surface area contributed by atoms with Gasteiger partial charge in [0.05, 0.1) is 10.0 Å². The third-order valence-corrected chi connectivity index (χ3v) is 3.98. The first kappa shape index (κ1) is 14.3. The summed E-state index contributed by atoms with van der Waals surface area (Å²) in [5, 5.41) is 3.92. The standard InChI is InChI=1S/C15H14Cl2FN/c1-9(19-2)10-6-7-14(18)12(8-10)11-4-3-5-13(16)15(11)17/h3-9,19H,1-2H3. The molecular weight excluding hydrogens is 284 g/mol. The van der Waals surface area contributed by atoms with Crippen LogP contribution in [0.2, 0.25) is 10.0 Å². The Morgan fingerprint density at radius 2 is 1.84 bits per heavy atom. The molecule has 0 spiro atoms. The highest BCUT2D eigenvalue weighted by molar-refractivity contribution is 6.43. The van der Waals surface area contributed by atoms with Gasteiger partial charge in [-0.3, -0.25) is 0 Å². The summed E-state index contributed by atoms with van der Waals surface area (Å²) in [5.74, 6) is -0.309. The summed E-state index contributed by atoms with van der Waals surface area (Å²) < 4.78 is 14.0. The van der Waals surface area contributed by atoms with Crippen LogP contribution >= 0.6 is 23.2 Å². The van der Waals surface area contributed by atoms with Gasteiger partial charge in [0.2, 0.25) is 0 Å². The van der Waals surface area contributed by atoms with Crippen LogP contribution in [0.1, 0.15) is 18.5 Å². The highest BCUT2D eigenvalue weighted by atomic mass is 35.5. The summed E-state index contributed by atoms with van der Waals surface area (Å²) in [6.07, 6.45) is 0. The van der Waals surface area contributed by atoms with E-state index < -0.39 is 0 Å². The van der Waals surface area contributed by atoms with E-state index in [2.05, 4.69) is 5.32 Å². The Morgan fingerprint density at radius 3 is 2.53 bits per heavy atom. The summed E-state index contributed by atoms with van der Waals surface area (Å²) in [4.78, 5) is 0. The summed E-state index contributed by atoms with van der Waals surface area (Å²) in [5.41, 5.74) is 2.07. The predicted octanol–water partition coefficient (Wildman–Crippen LogP) is 5.08. The lowest BCUT2D eigenvalue weighted by Crippen LogP contribution is -2.12. The molecule has 1 unspecified atom stereocenters. The largest absolute Gasteiger partial charge is 0.313 e. The van der Waals surface area contributed by atoms with E-state index in [1.54, 1.807) is 30.3 Å². The molecule has 1 atom stereocenters. The molecule has 0 heterocycles. The molecule has 0 aliphatic carbocycles. The lowest BCUT2D eigenvalue weighted by atomic mass is 9.99. The molecule has 1 N–H and O–H groups in total. The van der Waals surface area contributed by atoms with Gasteiger partial charge in [0, 0.05) is 17.2 Å². The van der Waals surface area contributed by atoms with Gasteiger partial charge in [-0.05, 0) is 37.7 Å². The lowest BCUT2D eigenvalue weighted by Gasteiger charge is -2.14. The monoisotopic (exact) mass is 297 g/mol. The molecule has 0 radical (unpaired) electrons. The molecule has 0 bridgehead atoms. The minimum atomic E-state index is -0.309. The molecule has 0 saturated heterocycles. The average Bonchev–Trinajstić information content (AvgIpc) is 2.42. The molecule has 2 aromatic carbocycles. The van der Waals surface area contributed by atoms with Crippen molar-refractivity contribution in [1.29, 1.82) is 0 Å². The first-order chi connectivity index (χ1) is 9.04. The van der Waals surface area contributed by atoms with Crippen molar-refractivity contribution in [1.82, 2.24) is 5.32 Å². The van der Waals surface area contributed by atoms with E-state index in [1.165, 1.54) is 6.07 Å². The van der Waals surface area contributed by atoms with Gasteiger partial charge < -0.3 is 5.32 Å². The zero-order chi connectivity index (χ0) is 14.0. The van der Waals surface area contributed by atoms with Crippen LogP contribution in [0.15, 0.2) is 36.4 Å². The number of hydrogen-bond acceptors (Lipinski definition) is 1. The van der Waals surface area contributed by atoms with Gasteiger partial charge in [-0.25, -0.2) is 4.39 Å². The van der Waals surface area contributed by atoms with Gasteiger partial charge >= 0.3 is 0 Å². The molecule has 0 saturated carbocycles. The van der Waals surface area contributed by atoms with Crippen LogP contribution in [0.3, 0.4) is 0 Å². The van der Waals surface area contributed by atoms with E-state index in [9.17, 15) is 4.39 Å². The van der Waals surface area contributed by atoms with Crippen molar-refractivity contribution in [2.24, 2.45) is 0 Å². The lowest BCUT2D eigenvalue weighted by molar-refractivity contribution is 0.622. The van der Waals surface area contributed by atoms with Crippen molar-refractivity contribution in [3.05, 3.63) is 57.8 Å². The SMILES string of the molecule is CNC(C)c1ccc(F)c(-c2cccc(Cl)c2Cl)c1. The Morgan fingerprint density at radius 1 is 1.11 bits per heavy atom. The number of halogens is 3. The average molecular weight is 298 g/mol. The molecule has 100 valence electrons. The molecule has 0 aliphatic heterocycles. The fourth-order valence-corrected chi connectivity index (χ4v) is 2.30. The van der Waals surface area contributed by atoms with Gasteiger partial charge in [-0.1, -0.05) is 41.4 Å². The van der Waals surface area contributed by atoms with E-state index in [0.29, 0.717) is 21.2 Å². The van der Waals surface area contributed by atoms with Crippen molar-refractivity contribution < 1.29 is 4.39 Å². The van der Waals surface area contributed by atoms with E-state index in [-0.39, 0.29) is 11.9 Å². The van der Waals surface area contributed by atoms with Crippen LogP contribution in [0, 0.1) is 5.82 Å². The van der Waals surface area contributed by atoms with Gasteiger partial charge in [0.1, 0.15) is 5.82 Å². The fraction of sp³-hybridized carbons (Fsp3) is 0.200. The topological polar surface area (TPSA) is 12.0 Å². The first-order valence-electron chi connectivity index (χ1n) is 5.95. The van der Waals surface area contributed by atoms with E-state index >= 15 is 0 Å². The van der Waals surface area contributed by atoms with E-state index in [0.717, 1.165) is 5.56 Å². The second-order valence-corrected chi connectivity index (χ2v) is 5.14.